The zero-order valence-electron chi connectivity index (χ0n) is 9.89. The maximum atomic E-state index is 11.0. The van der Waals surface area contributed by atoms with E-state index in [9.17, 15) is 14.9 Å². The second-order valence-corrected chi connectivity index (χ2v) is 3.97. The second-order valence-electron chi connectivity index (χ2n) is 3.97. The number of nitrogens with zero attached hydrogens (tertiary/aromatic N) is 3. The number of hydrogen-bond donors (Lipinski definition) is 1. The molecule has 1 N–H and O–H groups in total. The number of carboxylic acids is 1. The second kappa shape index (κ2) is 4.78. The number of pyridine rings is 1. The molecule has 0 aliphatic rings. The van der Waals surface area contributed by atoms with Crippen LogP contribution in [0.25, 0.3) is 16.7 Å². The lowest BCUT2D eigenvalue weighted by Gasteiger charge is -1.98. The van der Waals surface area contributed by atoms with Crippen LogP contribution < -0.4 is 0 Å². The quantitative estimate of drug-likeness (QED) is 0.578. The Labute approximate surface area is 118 Å². The number of nitro benzene ring substituents is 1. The molecule has 20 heavy (non-hydrogen) atoms. The Kier molecular flexibility index (Phi) is 3.29. The molecule has 0 fully saturated rings. The van der Waals surface area contributed by atoms with Gasteiger partial charge in [0.25, 0.3) is 5.69 Å². The fourth-order valence-electron chi connectivity index (χ4n) is 2.01. The summed E-state index contributed by atoms with van der Waals surface area (Å²) >= 11 is 0. The third-order valence-corrected chi connectivity index (χ3v) is 2.84. The number of halogens is 1. The molecule has 0 spiro atoms. The number of imidazole rings is 1. The van der Waals surface area contributed by atoms with E-state index in [0.29, 0.717) is 11.2 Å². The largest absolute Gasteiger partial charge is 0.478 e. The SMILES string of the molecule is Cl.O=C(O)c1cc([N+](=O)[O-])c2nc3ccccn3c2c1. The first-order valence-corrected chi connectivity index (χ1v) is 5.36. The highest BCUT2D eigenvalue weighted by molar-refractivity contribution is 5.97. The molecular weight excluding hydrogens is 286 g/mol. The van der Waals surface area contributed by atoms with E-state index < -0.39 is 10.9 Å². The Morgan fingerprint density at radius 3 is 2.75 bits per heavy atom. The molecule has 0 aliphatic heterocycles. The summed E-state index contributed by atoms with van der Waals surface area (Å²) in [6, 6.07) is 7.60. The van der Waals surface area contributed by atoms with Crippen molar-refractivity contribution >= 4 is 40.7 Å². The lowest BCUT2D eigenvalue weighted by molar-refractivity contribution is -0.383. The molecule has 0 amide bonds. The van der Waals surface area contributed by atoms with E-state index in [2.05, 4.69) is 4.98 Å². The van der Waals surface area contributed by atoms with Crippen molar-refractivity contribution in [3.05, 3.63) is 52.2 Å². The molecule has 2 heterocycles. The molecule has 0 atom stereocenters. The summed E-state index contributed by atoms with van der Waals surface area (Å²) in [5.74, 6) is -1.21. The van der Waals surface area contributed by atoms with Gasteiger partial charge in [-0.3, -0.25) is 14.5 Å². The van der Waals surface area contributed by atoms with Crippen LogP contribution in [0.3, 0.4) is 0 Å². The summed E-state index contributed by atoms with van der Waals surface area (Å²) < 4.78 is 1.62. The van der Waals surface area contributed by atoms with Gasteiger partial charge in [0.15, 0.2) is 5.52 Å². The molecule has 0 saturated carbocycles. The van der Waals surface area contributed by atoms with E-state index in [-0.39, 0.29) is 29.2 Å². The smallest absolute Gasteiger partial charge is 0.336 e. The predicted molar refractivity (Wildman–Crippen MR) is 73.6 cm³/mol. The zero-order chi connectivity index (χ0) is 13.6. The lowest BCUT2D eigenvalue weighted by Crippen LogP contribution is -1.99. The molecule has 0 radical (unpaired) electrons. The molecule has 0 unspecified atom stereocenters. The number of non-ortho nitro benzene ring substituents is 1. The third-order valence-electron chi connectivity index (χ3n) is 2.84. The van der Waals surface area contributed by atoms with Crippen molar-refractivity contribution in [1.82, 2.24) is 9.38 Å². The predicted octanol–water partition coefficient (Wildman–Crippen LogP) is 2.52. The molecule has 8 heteroatoms. The molecule has 2 aromatic heterocycles. The molecule has 1 aromatic carbocycles. The molecular formula is C12H8ClN3O4. The van der Waals surface area contributed by atoms with Gasteiger partial charge in [0, 0.05) is 12.3 Å². The van der Waals surface area contributed by atoms with Crippen molar-refractivity contribution in [3.8, 4) is 0 Å². The van der Waals surface area contributed by atoms with E-state index in [1.54, 1.807) is 28.8 Å². The topological polar surface area (TPSA) is 97.7 Å². The van der Waals surface area contributed by atoms with Crippen LogP contribution in [0, 0.1) is 10.1 Å². The van der Waals surface area contributed by atoms with Crippen molar-refractivity contribution in [1.29, 1.82) is 0 Å². The molecule has 0 saturated heterocycles. The van der Waals surface area contributed by atoms with Crippen LogP contribution in [-0.2, 0) is 0 Å². The van der Waals surface area contributed by atoms with E-state index >= 15 is 0 Å². The Bertz CT molecular complexity index is 843. The normalized spacial score (nSPS) is 10.4. The molecule has 0 bridgehead atoms. The van der Waals surface area contributed by atoms with Crippen LogP contribution in [-0.4, -0.2) is 25.4 Å². The van der Waals surface area contributed by atoms with E-state index in [1.807, 2.05) is 0 Å². The van der Waals surface area contributed by atoms with Crippen LogP contribution in [0.4, 0.5) is 5.69 Å². The summed E-state index contributed by atoms with van der Waals surface area (Å²) in [5.41, 5.74) is 0.676. The fourth-order valence-corrected chi connectivity index (χ4v) is 2.01. The highest BCUT2D eigenvalue weighted by Gasteiger charge is 2.20. The van der Waals surface area contributed by atoms with Gasteiger partial charge >= 0.3 is 5.97 Å². The first kappa shape index (κ1) is 13.8. The van der Waals surface area contributed by atoms with Gasteiger partial charge in [-0.25, -0.2) is 9.78 Å². The summed E-state index contributed by atoms with van der Waals surface area (Å²) in [6.07, 6.45) is 1.68. The number of nitro groups is 1. The van der Waals surface area contributed by atoms with Gasteiger partial charge in [-0.05, 0) is 18.2 Å². The average Bonchev–Trinajstić information content (AvgIpc) is 2.75. The number of hydrogen-bond acceptors (Lipinski definition) is 4. The van der Waals surface area contributed by atoms with Crippen molar-refractivity contribution in [2.75, 3.05) is 0 Å². The van der Waals surface area contributed by atoms with Gasteiger partial charge in [0.05, 0.1) is 16.0 Å². The minimum absolute atomic E-state index is 0. The highest BCUT2D eigenvalue weighted by Crippen LogP contribution is 2.27. The monoisotopic (exact) mass is 293 g/mol. The standard InChI is InChI=1S/C12H7N3O4.ClH/c16-12(17)7-5-8-11(9(6-7)15(18)19)13-10-3-1-2-4-14(8)10;/h1-6H,(H,16,17);1H. The number of carboxylic acid groups (broad SMARTS) is 1. The van der Waals surface area contributed by atoms with Gasteiger partial charge in [-0.2, -0.15) is 0 Å². The zero-order valence-corrected chi connectivity index (χ0v) is 10.7. The fraction of sp³-hybridized carbons (Fsp3) is 0. The first-order chi connectivity index (χ1) is 9.08. The van der Waals surface area contributed by atoms with E-state index in [1.165, 1.54) is 6.07 Å². The number of benzene rings is 1. The van der Waals surface area contributed by atoms with Gasteiger partial charge < -0.3 is 5.11 Å². The molecule has 3 rings (SSSR count). The van der Waals surface area contributed by atoms with Crippen LogP contribution >= 0.6 is 12.4 Å². The number of rotatable bonds is 2. The van der Waals surface area contributed by atoms with Crippen molar-refractivity contribution in [2.45, 2.75) is 0 Å². The van der Waals surface area contributed by atoms with Crippen molar-refractivity contribution in [3.63, 3.8) is 0 Å². The maximum absolute atomic E-state index is 11.0. The Morgan fingerprint density at radius 1 is 1.35 bits per heavy atom. The van der Waals surface area contributed by atoms with Crippen LogP contribution in [0.2, 0.25) is 0 Å². The Hall–Kier alpha value is -2.67. The number of fused-ring (bicyclic) bond motifs is 3. The Morgan fingerprint density at radius 2 is 2.10 bits per heavy atom. The third kappa shape index (κ3) is 1.94. The summed E-state index contributed by atoms with van der Waals surface area (Å²) in [5, 5.41) is 20.0. The minimum atomic E-state index is -1.21. The lowest BCUT2D eigenvalue weighted by atomic mass is 10.1. The number of aromatic carboxylic acids is 1. The van der Waals surface area contributed by atoms with Crippen LogP contribution in [0.5, 0.6) is 0 Å². The van der Waals surface area contributed by atoms with Gasteiger partial charge in [0.1, 0.15) is 5.65 Å². The highest BCUT2D eigenvalue weighted by atomic mass is 35.5. The van der Waals surface area contributed by atoms with Crippen LogP contribution in [0.15, 0.2) is 36.5 Å². The van der Waals surface area contributed by atoms with Crippen molar-refractivity contribution < 1.29 is 14.8 Å². The molecule has 7 nitrogen and oxygen atoms in total. The van der Waals surface area contributed by atoms with Gasteiger partial charge in [-0.15, -0.1) is 12.4 Å². The molecule has 102 valence electrons. The van der Waals surface area contributed by atoms with Crippen LogP contribution in [0.1, 0.15) is 10.4 Å². The first-order valence-electron chi connectivity index (χ1n) is 5.36. The van der Waals surface area contributed by atoms with Crippen molar-refractivity contribution in [2.24, 2.45) is 0 Å². The number of aromatic nitrogens is 2. The summed E-state index contributed by atoms with van der Waals surface area (Å²) in [7, 11) is 0. The van der Waals surface area contributed by atoms with E-state index in [0.717, 1.165) is 6.07 Å². The number of carbonyl (C=O) groups is 1. The van der Waals surface area contributed by atoms with E-state index in [4.69, 9.17) is 5.11 Å². The van der Waals surface area contributed by atoms with Gasteiger partial charge in [-0.1, -0.05) is 6.07 Å². The van der Waals surface area contributed by atoms with Gasteiger partial charge in [0.2, 0.25) is 0 Å². The Balaban J connectivity index is 0.00000147. The summed E-state index contributed by atoms with van der Waals surface area (Å²) in [4.78, 5) is 25.6. The average molecular weight is 294 g/mol. The minimum Gasteiger partial charge on any atom is -0.478 e. The molecule has 0 aliphatic carbocycles. The molecule has 3 aromatic rings. The summed E-state index contributed by atoms with van der Waals surface area (Å²) in [6.45, 7) is 0. The maximum Gasteiger partial charge on any atom is 0.336 e.